The number of nitrogens with zero attached hydrogens (tertiary/aromatic N) is 5. The highest BCUT2D eigenvalue weighted by Crippen LogP contribution is 2.41. The van der Waals surface area contributed by atoms with Crippen molar-refractivity contribution in [3.8, 4) is 0 Å². The number of methoxy groups -OCH3 is 2. The topological polar surface area (TPSA) is 209 Å². The minimum atomic E-state index is -1.00. The number of pyridine rings is 1. The maximum atomic E-state index is 14.7. The zero-order valence-corrected chi connectivity index (χ0v) is 50.9. The van der Waals surface area contributed by atoms with Crippen molar-refractivity contribution in [3.05, 3.63) is 90.1 Å². The number of amides is 6. The molecule has 3 aromatic rings. The standard InChI is InChI=1S/C60H89N7O11S2/c1-14-39(6)53(47(75-12)35-50(68)67-34-22-25-45(67)55(76-13)40(7)56(70)62-41(8)54(69)43-23-16-15-17-24-43)65(10)58(72)51(37(2)3)63-57(71)52(38(4)5)66(11)59(73)77-36-42-29-31-44(32-30-42)64(9)60(74)78-46-26-18-19-27-48(46)79-80-49-28-20-21-33-61-49/h15-17,20-21,23-24,28-33,37-41,45-48,51-55,69H,14,18-19,22,25-27,34-36H2,1-13H3,(H,62,70)(H,63,71)/t39-,40+,41+,45+,46+,47+,48+,51-,52-,53-,54+,55+/m0/s1. The first-order valence-corrected chi connectivity index (χ1v) is 30.5. The molecule has 18 nitrogen and oxygen atoms in total. The molecule has 1 saturated carbocycles. The average Bonchev–Trinajstić information content (AvgIpc) is 3.96. The van der Waals surface area contributed by atoms with E-state index in [1.54, 1.807) is 102 Å². The molecule has 1 aliphatic heterocycles. The Morgan fingerprint density at radius 2 is 1.45 bits per heavy atom. The van der Waals surface area contributed by atoms with Crippen LogP contribution in [0.15, 0.2) is 84.0 Å². The molecule has 1 aliphatic carbocycles. The maximum absolute atomic E-state index is 14.7. The predicted molar refractivity (Wildman–Crippen MR) is 314 cm³/mol. The number of ether oxygens (including phenoxy) is 4. The lowest BCUT2D eigenvalue weighted by Crippen LogP contribution is -2.60. The van der Waals surface area contributed by atoms with Crippen LogP contribution in [0.1, 0.15) is 124 Å². The quantitative estimate of drug-likeness (QED) is 0.0608. The van der Waals surface area contributed by atoms with E-state index in [0.717, 1.165) is 30.7 Å². The Hall–Kier alpha value is -5.41. The molecule has 0 unspecified atom stereocenters. The van der Waals surface area contributed by atoms with Gasteiger partial charge in [-0.05, 0) is 103 Å². The number of hydrogen-bond donors (Lipinski definition) is 3. The number of aliphatic hydroxyl groups is 1. The van der Waals surface area contributed by atoms with E-state index in [4.69, 9.17) is 18.9 Å². The lowest BCUT2D eigenvalue weighted by atomic mass is 9.89. The molecule has 12 atom stereocenters. The molecular weight excluding hydrogens is 1060 g/mol. The number of aromatic nitrogens is 1. The number of likely N-dealkylation sites (N-methyl/N-ethyl adjacent to an activating group) is 2. The molecule has 0 spiro atoms. The average molecular weight is 1150 g/mol. The molecule has 6 amide bonds. The van der Waals surface area contributed by atoms with E-state index in [-0.39, 0.29) is 59.9 Å². The molecule has 442 valence electrons. The van der Waals surface area contributed by atoms with Gasteiger partial charge in [0.25, 0.3) is 0 Å². The summed E-state index contributed by atoms with van der Waals surface area (Å²) in [6, 6.07) is 18.4. The molecule has 2 heterocycles. The highest BCUT2D eigenvalue weighted by molar-refractivity contribution is 8.76. The molecule has 1 saturated heterocycles. The number of hydrogen-bond acceptors (Lipinski definition) is 14. The Morgan fingerprint density at radius 1 is 0.775 bits per heavy atom. The third-order valence-electron chi connectivity index (χ3n) is 15.8. The van der Waals surface area contributed by atoms with Gasteiger partial charge in [-0.3, -0.25) is 29.0 Å². The third kappa shape index (κ3) is 17.6. The highest BCUT2D eigenvalue weighted by Gasteiger charge is 2.44. The van der Waals surface area contributed by atoms with Gasteiger partial charge in [-0.2, -0.15) is 0 Å². The summed E-state index contributed by atoms with van der Waals surface area (Å²) in [6.45, 7) is 15.2. The zero-order valence-electron chi connectivity index (χ0n) is 49.2. The fourth-order valence-corrected chi connectivity index (χ4v) is 13.5. The molecule has 2 aromatic carbocycles. The van der Waals surface area contributed by atoms with Crippen LogP contribution in [0.3, 0.4) is 0 Å². The molecule has 3 N–H and O–H groups in total. The molecule has 2 fully saturated rings. The van der Waals surface area contributed by atoms with Crippen LogP contribution in [0.25, 0.3) is 0 Å². The van der Waals surface area contributed by atoms with Crippen molar-refractivity contribution in [1.29, 1.82) is 0 Å². The summed E-state index contributed by atoms with van der Waals surface area (Å²) in [5.74, 6) is -2.93. The molecule has 0 radical (unpaired) electrons. The van der Waals surface area contributed by atoms with Crippen molar-refractivity contribution in [3.63, 3.8) is 0 Å². The zero-order chi connectivity index (χ0) is 58.8. The third-order valence-corrected chi connectivity index (χ3v) is 18.7. The molecule has 2 aliphatic rings. The minimum Gasteiger partial charge on any atom is -0.445 e. The smallest absolute Gasteiger partial charge is 0.414 e. The van der Waals surface area contributed by atoms with Crippen LogP contribution < -0.4 is 15.5 Å². The van der Waals surface area contributed by atoms with Gasteiger partial charge in [0, 0.05) is 53.8 Å². The molecule has 80 heavy (non-hydrogen) atoms. The summed E-state index contributed by atoms with van der Waals surface area (Å²) in [6.07, 6.45) is 3.80. The second-order valence-electron chi connectivity index (χ2n) is 22.1. The Balaban J connectivity index is 1.18. The molecular formula is C60H89N7O11S2. The Morgan fingerprint density at radius 3 is 2.06 bits per heavy atom. The Labute approximate surface area is 482 Å². The van der Waals surface area contributed by atoms with E-state index in [2.05, 4.69) is 15.6 Å². The number of benzene rings is 2. The van der Waals surface area contributed by atoms with Crippen molar-refractivity contribution >= 4 is 63.1 Å². The molecule has 20 heteroatoms. The number of anilines is 1. The number of nitrogens with one attached hydrogen (secondary N) is 2. The van der Waals surface area contributed by atoms with Crippen LogP contribution in [0, 0.1) is 23.7 Å². The van der Waals surface area contributed by atoms with Gasteiger partial charge in [0.15, 0.2) is 0 Å². The van der Waals surface area contributed by atoms with Crippen molar-refractivity contribution in [2.24, 2.45) is 23.7 Å². The van der Waals surface area contributed by atoms with Gasteiger partial charge in [-0.1, -0.05) is 121 Å². The van der Waals surface area contributed by atoms with Gasteiger partial charge in [-0.15, -0.1) is 0 Å². The van der Waals surface area contributed by atoms with Gasteiger partial charge >= 0.3 is 12.2 Å². The number of carbonyl (C=O) groups is 6. The first kappa shape index (κ1) is 65.4. The van der Waals surface area contributed by atoms with Gasteiger partial charge < -0.3 is 44.5 Å². The van der Waals surface area contributed by atoms with Gasteiger partial charge in [0.05, 0.1) is 54.0 Å². The maximum Gasteiger partial charge on any atom is 0.414 e. The van der Waals surface area contributed by atoms with Crippen molar-refractivity contribution < 1.29 is 52.8 Å². The summed E-state index contributed by atoms with van der Waals surface area (Å²) < 4.78 is 23.8. The van der Waals surface area contributed by atoms with Gasteiger partial charge in [-0.25, -0.2) is 14.6 Å². The number of rotatable bonds is 27. The second-order valence-corrected chi connectivity index (χ2v) is 24.6. The van der Waals surface area contributed by atoms with Crippen LogP contribution in [-0.4, -0.2) is 156 Å². The molecule has 0 bridgehead atoms. The van der Waals surface area contributed by atoms with Crippen LogP contribution in [0.2, 0.25) is 0 Å². The Kier molecular flexibility index (Phi) is 25.9. The van der Waals surface area contributed by atoms with E-state index >= 15 is 0 Å². The fourth-order valence-electron chi connectivity index (χ4n) is 10.9. The summed E-state index contributed by atoms with van der Waals surface area (Å²) in [5, 5.41) is 17.9. The van der Waals surface area contributed by atoms with Crippen molar-refractivity contribution in [2.75, 3.05) is 46.8 Å². The SMILES string of the molecule is CC[C@H](C)[C@@H]([C@@H](CC(=O)N1CCC[C@@H]1[C@H](OC)[C@@H](C)C(=O)N[C@H](C)[C@@H](O)c1ccccc1)OC)N(C)C(=O)[C@@H](NC(=O)[C@H](C(C)C)N(C)C(=O)OCc1ccc(N(C)C(=O)O[C@@H]2CCCC[C@H]2SSc2ccccn2)cc1)C(C)C. The summed E-state index contributed by atoms with van der Waals surface area (Å²) in [4.78, 5) is 94.7. The van der Waals surface area contributed by atoms with E-state index in [1.807, 2.05) is 77.9 Å². The van der Waals surface area contributed by atoms with E-state index in [9.17, 15) is 33.9 Å². The monoisotopic (exact) mass is 1150 g/mol. The van der Waals surface area contributed by atoms with E-state index in [0.29, 0.717) is 42.6 Å². The van der Waals surface area contributed by atoms with Gasteiger partial charge in [0.1, 0.15) is 29.8 Å². The summed E-state index contributed by atoms with van der Waals surface area (Å²) in [7, 11) is 11.2. The van der Waals surface area contributed by atoms with Crippen LogP contribution >= 0.6 is 21.6 Å². The lowest BCUT2D eigenvalue weighted by Gasteiger charge is -2.41. The normalized spacial score (nSPS) is 19.8. The van der Waals surface area contributed by atoms with Crippen molar-refractivity contribution in [2.45, 2.75) is 178 Å². The van der Waals surface area contributed by atoms with Gasteiger partial charge in [0.2, 0.25) is 23.6 Å². The van der Waals surface area contributed by atoms with Crippen molar-refractivity contribution in [1.82, 2.24) is 30.3 Å². The first-order valence-electron chi connectivity index (χ1n) is 28.3. The number of aliphatic hydroxyl groups excluding tert-OH is 1. The van der Waals surface area contributed by atoms with E-state index < -0.39 is 72.5 Å². The fraction of sp³-hybridized carbons (Fsp3) is 0.617. The van der Waals surface area contributed by atoms with Crippen LogP contribution in [-0.2, 0) is 44.7 Å². The molecule has 5 rings (SSSR count). The van der Waals surface area contributed by atoms with Crippen LogP contribution in [0.4, 0.5) is 15.3 Å². The lowest BCUT2D eigenvalue weighted by molar-refractivity contribution is -0.148. The van der Waals surface area contributed by atoms with E-state index in [1.165, 1.54) is 31.1 Å². The second kappa shape index (κ2) is 31.7. The minimum absolute atomic E-state index is 0.0535. The molecule has 1 aromatic heterocycles. The number of likely N-dealkylation sites (tertiary alicyclic amines) is 1. The summed E-state index contributed by atoms with van der Waals surface area (Å²) in [5.41, 5.74) is 1.96. The number of carbonyl (C=O) groups excluding carboxylic acids is 6. The summed E-state index contributed by atoms with van der Waals surface area (Å²) >= 11 is 0. The predicted octanol–water partition coefficient (Wildman–Crippen LogP) is 9.30. The highest BCUT2D eigenvalue weighted by atomic mass is 33.1. The van der Waals surface area contributed by atoms with Crippen LogP contribution in [0.5, 0.6) is 0 Å². The Bertz CT molecular complexity index is 2440. The first-order chi connectivity index (χ1) is 38.1. The largest absolute Gasteiger partial charge is 0.445 e.